The maximum atomic E-state index is 10.8. The second-order valence-electron chi connectivity index (χ2n) is 4.27. The molecule has 1 N–H and O–H groups in total. The highest BCUT2D eigenvalue weighted by atomic mass is 28.4. The first-order valence-electron chi connectivity index (χ1n) is 6.22. The third kappa shape index (κ3) is 5.92. The first-order chi connectivity index (χ1) is 8.62. The van der Waals surface area contributed by atoms with Gasteiger partial charge in [-0.3, -0.25) is 4.79 Å². The summed E-state index contributed by atoms with van der Waals surface area (Å²) in [4.78, 5) is 10.8. The predicted octanol–water partition coefficient (Wildman–Crippen LogP) is 0.550. The molecular weight excluding hydrogens is 254 g/mol. The van der Waals surface area contributed by atoms with Gasteiger partial charge in [-0.25, -0.2) is 0 Å². The van der Waals surface area contributed by atoms with Crippen LogP contribution in [0.15, 0.2) is 0 Å². The Kier molecular flexibility index (Phi) is 6.80. The fourth-order valence-corrected chi connectivity index (χ4v) is 3.62. The van der Waals surface area contributed by atoms with Crippen molar-refractivity contribution in [2.45, 2.75) is 31.9 Å². The maximum Gasteiger partial charge on any atom is 0.500 e. The van der Waals surface area contributed by atoms with E-state index in [1.807, 2.05) is 0 Å². The molecule has 18 heavy (non-hydrogen) atoms. The second-order valence-corrected chi connectivity index (χ2v) is 7.24. The van der Waals surface area contributed by atoms with Crippen LogP contribution in [0.3, 0.4) is 0 Å². The van der Waals surface area contributed by atoms with Crippen LogP contribution in [0.1, 0.15) is 19.8 Å². The largest absolute Gasteiger partial charge is 0.500 e. The lowest BCUT2D eigenvalue weighted by Crippen LogP contribution is -2.44. The molecule has 0 spiro atoms. The van der Waals surface area contributed by atoms with E-state index in [9.17, 15) is 4.79 Å². The Morgan fingerprint density at radius 3 is 2.61 bits per heavy atom. The lowest BCUT2D eigenvalue weighted by molar-refractivity contribution is -0.118. The summed E-state index contributed by atoms with van der Waals surface area (Å²) in [6.07, 6.45) is 2.02. The quantitative estimate of drug-likeness (QED) is 0.359. The van der Waals surface area contributed by atoms with Gasteiger partial charge in [0, 0.05) is 40.3 Å². The molecule has 1 saturated heterocycles. The van der Waals surface area contributed by atoms with E-state index in [1.165, 1.54) is 6.92 Å². The van der Waals surface area contributed by atoms with Crippen molar-refractivity contribution >= 4 is 14.7 Å². The van der Waals surface area contributed by atoms with Gasteiger partial charge in [-0.15, -0.1) is 0 Å². The number of epoxide rings is 1. The molecule has 1 aliphatic rings. The average molecular weight is 277 g/mol. The molecule has 7 heteroatoms. The zero-order valence-electron chi connectivity index (χ0n) is 11.4. The summed E-state index contributed by atoms with van der Waals surface area (Å²) in [6, 6.07) is 0.700. The molecule has 0 radical (unpaired) electrons. The van der Waals surface area contributed by atoms with E-state index in [1.54, 1.807) is 14.2 Å². The molecule has 0 aromatic rings. The standard InChI is InChI=1S/C11H23NO5Si/c1-10(13)12-6-4-8-18(14-2,15-3)17-7-5-11-9-16-11/h11H,4-9H2,1-3H3,(H,12,13). The molecule has 0 saturated carbocycles. The van der Waals surface area contributed by atoms with Crippen LogP contribution in [-0.2, 0) is 22.8 Å². The predicted molar refractivity (Wildman–Crippen MR) is 68.2 cm³/mol. The van der Waals surface area contributed by atoms with Crippen LogP contribution in [0.4, 0.5) is 0 Å². The van der Waals surface area contributed by atoms with Crippen molar-refractivity contribution in [2.24, 2.45) is 0 Å². The maximum absolute atomic E-state index is 10.8. The van der Waals surface area contributed by atoms with E-state index in [4.69, 9.17) is 18.0 Å². The van der Waals surface area contributed by atoms with Gasteiger partial charge in [-0.05, 0) is 12.8 Å². The number of rotatable bonds is 10. The van der Waals surface area contributed by atoms with Crippen LogP contribution < -0.4 is 5.32 Å². The van der Waals surface area contributed by atoms with E-state index >= 15 is 0 Å². The highest BCUT2D eigenvalue weighted by Crippen LogP contribution is 2.19. The van der Waals surface area contributed by atoms with E-state index in [0.29, 0.717) is 25.3 Å². The van der Waals surface area contributed by atoms with Crippen molar-refractivity contribution in [2.75, 3.05) is 34.0 Å². The number of ether oxygens (including phenoxy) is 1. The summed E-state index contributed by atoms with van der Waals surface area (Å²) in [5, 5.41) is 2.75. The Labute approximate surface area is 109 Å². The lowest BCUT2D eigenvalue weighted by Gasteiger charge is -2.26. The van der Waals surface area contributed by atoms with Gasteiger partial charge in [0.1, 0.15) is 0 Å². The molecule has 0 bridgehead atoms. The number of amides is 1. The van der Waals surface area contributed by atoms with Crippen molar-refractivity contribution in [1.29, 1.82) is 0 Å². The Bertz CT molecular complexity index is 256. The first kappa shape index (κ1) is 15.6. The van der Waals surface area contributed by atoms with Gasteiger partial charge < -0.3 is 23.3 Å². The SMILES string of the molecule is CO[Si](CCCNC(C)=O)(OC)OCCC1CO1. The number of nitrogens with one attached hydrogen (secondary N) is 1. The van der Waals surface area contributed by atoms with E-state index in [2.05, 4.69) is 5.32 Å². The summed E-state index contributed by atoms with van der Waals surface area (Å²) in [5.41, 5.74) is 0. The summed E-state index contributed by atoms with van der Waals surface area (Å²) in [5.74, 6) is -0.0242. The van der Waals surface area contributed by atoms with Gasteiger partial charge in [-0.1, -0.05) is 0 Å². The van der Waals surface area contributed by atoms with Gasteiger partial charge in [0.2, 0.25) is 5.91 Å². The van der Waals surface area contributed by atoms with Crippen LogP contribution >= 0.6 is 0 Å². The Hall–Kier alpha value is -0.473. The van der Waals surface area contributed by atoms with Gasteiger partial charge in [0.15, 0.2) is 0 Å². The topological polar surface area (TPSA) is 69.3 Å². The Morgan fingerprint density at radius 2 is 2.11 bits per heavy atom. The van der Waals surface area contributed by atoms with Gasteiger partial charge in [0.25, 0.3) is 0 Å². The molecule has 6 nitrogen and oxygen atoms in total. The lowest BCUT2D eigenvalue weighted by atomic mass is 10.4. The third-order valence-electron chi connectivity index (χ3n) is 2.82. The van der Waals surface area contributed by atoms with Crippen LogP contribution in [0, 0.1) is 0 Å². The van der Waals surface area contributed by atoms with E-state index in [-0.39, 0.29) is 5.91 Å². The normalized spacial score (nSPS) is 18.7. The summed E-state index contributed by atoms with van der Waals surface area (Å²) >= 11 is 0. The molecule has 106 valence electrons. The molecular formula is C11H23NO5Si. The van der Waals surface area contributed by atoms with E-state index in [0.717, 1.165) is 19.4 Å². The number of hydrogen-bond acceptors (Lipinski definition) is 5. The molecule has 1 fully saturated rings. The monoisotopic (exact) mass is 277 g/mol. The fourth-order valence-electron chi connectivity index (χ4n) is 1.63. The van der Waals surface area contributed by atoms with Gasteiger partial charge >= 0.3 is 8.80 Å². The van der Waals surface area contributed by atoms with Crippen molar-refractivity contribution < 1.29 is 22.8 Å². The van der Waals surface area contributed by atoms with Gasteiger partial charge in [0.05, 0.1) is 12.7 Å². The minimum atomic E-state index is -2.56. The van der Waals surface area contributed by atoms with Crippen molar-refractivity contribution in [1.82, 2.24) is 5.32 Å². The second kappa shape index (κ2) is 7.85. The number of carbonyl (C=O) groups is 1. The molecule has 1 atom stereocenters. The minimum absolute atomic E-state index is 0.0242. The summed E-state index contributed by atoms with van der Waals surface area (Å²) < 4.78 is 21.8. The van der Waals surface area contributed by atoms with Crippen molar-refractivity contribution in [3.63, 3.8) is 0 Å². The van der Waals surface area contributed by atoms with Gasteiger partial charge in [-0.2, -0.15) is 0 Å². The summed E-state index contributed by atoms with van der Waals surface area (Å²) in [6.45, 7) is 3.55. The molecule has 1 heterocycles. The van der Waals surface area contributed by atoms with Crippen LogP contribution in [0.5, 0.6) is 0 Å². The minimum Gasteiger partial charge on any atom is -0.377 e. The molecule has 0 aliphatic carbocycles. The zero-order chi connectivity index (χ0) is 13.4. The third-order valence-corrected chi connectivity index (χ3v) is 5.67. The Morgan fingerprint density at radius 1 is 1.44 bits per heavy atom. The summed E-state index contributed by atoms with van der Waals surface area (Å²) in [7, 11) is 0.664. The number of carbonyl (C=O) groups excluding carboxylic acids is 1. The Balaban J connectivity index is 2.22. The molecule has 1 aliphatic heterocycles. The molecule has 1 rings (SSSR count). The molecule has 0 aromatic heterocycles. The fraction of sp³-hybridized carbons (Fsp3) is 0.909. The molecule has 0 aromatic carbocycles. The highest BCUT2D eigenvalue weighted by molar-refractivity contribution is 6.60. The highest BCUT2D eigenvalue weighted by Gasteiger charge is 2.38. The smallest absolute Gasteiger partial charge is 0.377 e. The molecule has 1 amide bonds. The first-order valence-corrected chi connectivity index (χ1v) is 8.15. The zero-order valence-corrected chi connectivity index (χ0v) is 12.4. The van der Waals surface area contributed by atoms with Crippen molar-refractivity contribution in [3.05, 3.63) is 0 Å². The van der Waals surface area contributed by atoms with E-state index < -0.39 is 8.80 Å². The molecule has 1 unspecified atom stereocenters. The van der Waals surface area contributed by atoms with Crippen LogP contribution in [-0.4, -0.2) is 54.8 Å². The number of hydrogen-bond donors (Lipinski definition) is 1. The van der Waals surface area contributed by atoms with Crippen molar-refractivity contribution in [3.8, 4) is 0 Å². The van der Waals surface area contributed by atoms with Crippen LogP contribution in [0.2, 0.25) is 6.04 Å². The average Bonchev–Trinajstić information content (AvgIpc) is 3.16. The van der Waals surface area contributed by atoms with Crippen LogP contribution in [0.25, 0.3) is 0 Å².